The Bertz CT molecular complexity index is 1000. The number of ether oxygens (including phenoxy) is 2. The zero-order chi connectivity index (χ0) is 16.5. The summed E-state index contributed by atoms with van der Waals surface area (Å²) in [5.74, 6) is 1.51. The summed E-state index contributed by atoms with van der Waals surface area (Å²) in [4.78, 5) is 11.2. The van der Waals surface area contributed by atoms with Crippen molar-refractivity contribution < 1.29 is 13.9 Å². The average molecular weight is 341 g/mol. The first-order chi connectivity index (χ1) is 11.7. The Kier molecular flexibility index (Phi) is 3.75. The van der Waals surface area contributed by atoms with Crippen LogP contribution >= 0.6 is 11.6 Å². The van der Waals surface area contributed by atoms with E-state index in [-0.39, 0.29) is 5.63 Å². The third kappa shape index (κ3) is 2.88. The zero-order valence-electron chi connectivity index (χ0n) is 12.6. The van der Waals surface area contributed by atoms with Gasteiger partial charge >= 0.3 is 5.63 Å². The number of hydrogen-bond acceptors (Lipinski definition) is 4. The molecule has 0 atom stereocenters. The number of benzene rings is 2. The van der Waals surface area contributed by atoms with Gasteiger partial charge in [-0.15, -0.1) is 0 Å². The van der Waals surface area contributed by atoms with Crippen LogP contribution in [0.4, 0.5) is 0 Å². The van der Waals surface area contributed by atoms with Gasteiger partial charge in [0, 0.05) is 22.0 Å². The highest BCUT2D eigenvalue weighted by atomic mass is 35.5. The molecule has 4 nitrogen and oxygen atoms in total. The Hall–Kier alpha value is -2.72. The van der Waals surface area contributed by atoms with E-state index in [9.17, 15) is 4.79 Å². The predicted octanol–water partition coefficient (Wildman–Crippen LogP) is 4.30. The van der Waals surface area contributed by atoms with E-state index < -0.39 is 0 Å². The summed E-state index contributed by atoms with van der Waals surface area (Å²) in [5, 5.41) is 1.47. The lowest BCUT2D eigenvalue weighted by Gasteiger charge is -2.19. The molecule has 1 aliphatic heterocycles. The Morgan fingerprint density at radius 1 is 1.08 bits per heavy atom. The largest absolute Gasteiger partial charge is 0.489 e. The Morgan fingerprint density at radius 3 is 2.92 bits per heavy atom. The van der Waals surface area contributed by atoms with Crippen molar-refractivity contribution in [3.63, 3.8) is 0 Å². The van der Waals surface area contributed by atoms with Crippen LogP contribution in [-0.4, -0.2) is 13.2 Å². The van der Waals surface area contributed by atoms with Gasteiger partial charge in [0.15, 0.2) is 0 Å². The van der Waals surface area contributed by atoms with Crippen molar-refractivity contribution in [3.8, 4) is 11.5 Å². The summed E-state index contributed by atoms with van der Waals surface area (Å²) >= 11 is 6.08. The van der Waals surface area contributed by atoms with Gasteiger partial charge in [-0.2, -0.15) is 0 Å². The second-order valence-corrected chi connectivity index (χ2v) is 5.86. The van der Waals surface area contributed by atoms with Gasteiger partial charge in [0.25, 0.3) is 0 Å². The average Bonchev–Trinajstić information content (AvgIpc) is 2.60. The fourth-order valence-corrected chi connectivity index (χ4v) is 2.83. The maximum atomic E-state index is 11.2. The number of halogens is 1. The lowest BCUT2D eigenvalue weighted by molar-refractivity contribution is 0.343. The van der Waals surface area contributed by atoms with Crippen molar-refractivity contribution in [1.82, 2.24) is 0 Å². The van der Waals surface area contributed by atoms with Gasteiger partial charge in [0.05, 0.1) is 0 Å². The maximum absolute atomic E-state index is 11.2. The third-order valence-electron chi connectivity index (χ3n) is 3.84. The maximum Gasteiger partial charge on any atom is 0.336 e. The molecule has 0 unspecified atom stereocenters. The minimum absolute atomic E-state index is 0.364. The van der Waals surface area contributed by atoms with Gasteiger partial charge in [-0.1, -0.05) is 11.6 Å². The van der Waals surface area contributed by atoms with Crippen LogP contribution in [0.15, 0.2) is 63.8 Å². The van der Waals surface area contributed by atoms with Crippen molar-refractivity contribution in [1.29, 1.82) is 0 Å². The highest BCUT2D eigenvalue weighted by molar-refractivity contribution is 6.30. The molecule has 2 heterocycles. The topological polar surface area (TPSA) is 48.7 Å². The SMILES string of the molecule is O=c1ccc2cc(OCC3=CCOc4ccc(Cl)cc43)ccc2o1. The highest BCUT2D eigenvalue weighted by Crippen LogP contribution is 2.32. The van der Waals surface area contributed by atoms with Crippen LogP contribution in [0.3, 0.4) is 0 Å². The molecular formula is C19H13ClO4. The summed E-state index contributed by atoms with van der Waals surface area (Å²) in [5.41, 5.74) is 2.15. The molecule has 0 spiro atoms. The molecule has 0 N–H and O–H groups in total. The Balaban J connectivity index is 1.57. The second kappa shape index (κ2) is 6.06. The molecule has 0 fully saturated rings. The smallest absolute Gasteiger partial charge is 0.336 e. The first kappa shape index (κ1) is 14.8. The summed E-state index contributed by atoms with van der Waals surface area (Å²) in [6.07, 6.45) is 1.98. The van der Waals surface area contributed by atoms with Crippen LogP contribution in [0.1, 0.15) is 5.56 Å². The van der Waals surface area contributed by atoms with Gasteiger partial charge in [-0.3, -0.25) is 0 Å². The molecule has 0 amide bonds. The van der Waals surface area contributed by atoms with E-state index in [0.29, 0.717) is 29.6 Å². The highest BCUT2D eigenvalue weighted by Gasteiger charge is 2.15. The molecule has 0 bridgehead atoms. The first-order valence-electron chi connectivity index (χ1n) is 7.47. The quantitative estimate of drug-likeness (QED) is 0.667. The molecule has 3 aromatic rings. The van der Waals surface area contributed by atoms with Crippen molar-refractivity contribution in [2.45, 2.75) is 0 Å². The van der Waals surface area contributed by atoms with Crippen LogP contribution in [-0.2, 0) is 0 Å². The molecule has 0 saturated carbocycles. The van der Waals surface area contributed by atoms with Crippen LogP contribution in [0.2, 0.25) is 5.02 Å². The first-order valence-corrected chi connectivity index (χ1v) is 7.85. The van der Waals surface area contributed by atoms with Gasteiger partial charge in [0.1, 0.15) is 30.3 Å². The van der Waals surface area contributed by atoms with Crippen LogP contribution in [0, 0.1) is 0 Å². The minimum atomic E-state index is -0.364. The van der Waals surface area contributed by atoms with Gasteiger partial charge in [-0.25, -0.2) is 4.79 Å². The molecule has 1 aromatic heterocycles. The molecule has 5 heteroatoms. The van der Waals surface area contributed by atoms with Crippen LogP contribution in [0.25, 0.3) is 16.5 Å². The summed E-state index contributed by atoms with van der Waals surface area (Å²) in [7, 11) is 0. The van der Waals surface area contributed by atoms with Crippen molar-refractivity contribution >= 4 is 28.1 Å². The van der Waals surface area contributed by atoms with E-state index in [1.807, 2.05) is 24.3 Å². The summed E-state index contributed by atoms with van der Waals surface area (Å²) < 4.78 is 16.6. The fourth-order valence-electron chi connectivity index (χ4n) is 2.66. The summed E-state index contributed by atoms with van der Waals surface area (Å²) in [6, 6.07) is 14.0. The molecular weight excluding hydrogens is 328 g/mol. The summed E-state index contributed by atoms with van der Waals surface area (Å²) in [6.45, 7) is 0.912. The lowest BCUT2D eigenvalue weighted by Crippen LogP contribution is -2.09. The van der Waals surface area contributed by atoms with Crippen molar-refractivity contribution in [2.24, 2.45) is 0 Å². The molecule has 120 valence electrons. The van der Waals surface area contributed by atoms with E-state index in [4.69, 9.17) is 25.5 Å². The fraction of sp³-hybridized carbons (Fsp3) is 0.105. The number of hydrogen-bond donors (Lipinski definition) is 0. The monoisotopic (exact) mass is 340 g/mol. The molecule has 1 aliphatic rings. The number of rotatable bonds is 3. The van der Waals surface area contributed by atoms with Crippen molar-refractivity contribution in [3.05, 3.63) is 75.6 Å². The minimum Gasteiger partial charge on any atom is -0.489 e. The standard InChI is InChI=1S/C19H13ClO4/c20-14-2-4-18-16(10-14)13(7-8-22-18)11-23-15-3-5-17-12(9-15)1-6-19(21)24-17/h1-7,9-10H,8,11H2. The van der Waals surface area contributed by atoms with E-state index in [0.717, 1.165) is 22.3 Å². The van der Waals surface area contributed by atoms with Crippen LogP contribution < -0.4 is 15.1 Å². The number of fused-ring (bicyclic) bond motifs is 2. The molecule has 2 aromatic carbocycles. The molecule has 0 aliphatic carbocycles. The Labute approximate surface area is 142 Å². The molecule has 0 saturated heterocycles. The normalized spacial score (nSPS) is 13.1. The van der Waals surface area contributed by atoms with Gasteiger partial charge in [-0.05, 0) is 54.1 Å². The zero-order valence-corrected chi connectivity index (χ0v) is 13.4. The third-order valence-corrected chi connectivity index (χ3v) is 4.08. The van der Waals surface area contributed by atoms with E-state index in [2.05, 4.69) is 0 Å². The molecule has 4 rings (SSSR count). The lowest BCUT2D eigenvalue weighted by atomic mass is 10.0. The van der Waals surface area contributed by atoms with Crippen LogP contribution in [0.5, 0.6) is 11.5 Å². The van der Waals surface area contributed by atoms with Gasteiger partial charge in [0.2, 0.25) is 0 Å². The predicted molar refractivity (Wildman–Crippen MR) is 92.9 cm³/mol. The van der Waals surface area contributed by atoms with Crippen molar-refractivity contribution in [2.75, 3.05) is 13.2 Å². The van der Waals surface area contributed by atoms with E-state index in [1.165, 1.54) is 6.07 Å². The molecule has 0 radical (unpaired) electrons. The Morgan fingerprint density at radius 2 is 2.00 bits per heavy atom. The second-order valence-electron chi connectivity index (χ2n) is 5.42. The molecule has 24 heavy (non-hydrogen) atoms. The van der Waals surface area contributed by atoms with E-state index in [1.54, 1.807) is 24.3 Å². The van der Waals surface area contributed by atoms with E-state index >= 15 is 0 Å². The van der Waals surface area contributed by atoms with Gasteiger partial charge < -0.3 is 13.9 Å².